The molecule has 8 nitrogen and oxygen atoms in total. The minimum absolute atomic E-state index is 0.201. The molecule has 1 aliphatic rings. The quantitative estimate of drug-likeness (QED) is 0.532. The maximum Gasteiger partial charge on any atom is 0.267 e. The molecule has 178 valence electrons. The molecular weight excluding hydrogens is 452 g/mol. The van der Waals surface area contributed by atoms with Crippen molar-refractivity contribution in [3.05, 3.63) is 74.3 Å². The van der Waals surface area contributed by atoms with Gasteiger partial charge in [0.2, 0.25) is 0 Å². The Kier molecular flexibility index (Phi) is 6.56. The SMILES string of the molecule is COc1ccc(C2CC(c3cccs3)=NN2C(=O)Cn2nc(C(C)(C)C)ccc2=O)cc1OC. The van der Waals surface area contributed by atoms with Crippen LogP contribution in [-0.4, -0.2) is 40.6 Å². The summed E-state index contributed by atoms with van der Waals surface area (Å²) in [5, 5.41) is 12.6. The minimum atomic E-state index is -0.342. The van der Waals surface area contributed by atoms with Gasteiger partial charge in [-0.25, -0.2) is 9.69 Å². The van der Waals surface area contributed by atoms with Crippen LogP contribution >= 0.6 is 11.3 Å². The Morgan fingerprint density at radius 1 is 1.12 bits per heavy atom. The largest absolute Gasteiger partial charge is 0.493 e. The van der Waals surface area contributed by atoms with Gasteiger partial charge in [-0.1, -0.05) is 32.9 Å². The van der Waals surface area contributed by atoms with Crippen LogP contribution in [0.15, 0.2) is 57.7 Å². The van der Waals surface area contributed by atoms with Crippen LogP contribution < -0.4 is 15.0 Å². The molecule has 2 aromatic heterocycles. The van der Waals surface area contributed by atoms with Gasteiger partial charge in [-0.05, 0) is 35.2 Å². The van der Waals surface area contributed by atoms with E-state index in [1.165, 1.54) is 15.8 Å². The summed E-state index contributed by atoms with van der Waals surface area (Å²) in [5.74, 6) is 0.871. The topological polar surface area (TPSA) is 86.0 Å². The number of aromatic nitrogens is 2. The first-order chi connectivity index (χ1) is 16.2. The average molecular weight is 481 g/mol. The molecule has 1 amide bonds. The number of carbonyl (C=O) groups is 1. The van der Waals surface area contributed by atoms with Gasteiger partial charge in [0.1, 0.15) is 6.54 Å². The molecule has 0 radical (unpaired) electrons. The smallest absolute Gasteiger partial charge is 0.267 e. The lowest BCUT2D eigenvalue weighted by Crippen LogP contribution is -2.36. The Balaban J connectivity index is 1.69. The zero-order chi connectivity index (χ0) is 24.5. The summed E-state index contributed by atoms with van der Waals surface area (Å²) in [6.07, 6.45) is 0.548. The summed E-state index contributed by atoms with van der Waals surface area (Å²) in [6.45, 7) is 5.83. The first-order valence-corrected chi connectivity index (χ1v) is 11.8. The second-order valence-electron chi connectivity index (χ2n) is 9.06. The number of ether oxygens (including phenoxy) is 2. The molecule has 3 aromatic rings. The van der Waals surface area contributed by atoms with E-state index in [2.05, 4.69) is 10.2 Å². The van der Waals surface area contributed by atoms with Crippen molar-refractivity contribution in [2.24, 2.45) is 5.10 Å². The third kappa shape index (κ3) is 4.75. The van der Waals surface area contributed by atoms with E-state index in [0.717, 1.165) is 21.8 Å². The molecule has 0 saturated carbocycles. The molecule has 0 N–H and O–H groups in total. The predicted molar refractivity (Wildman–Crippen MR) is 132 cm³/mol. The molecular formula is C25H28N4O4S. The number of hydrogen-bond acceptors (Lipinski definition) is 7. The second-order valence-corrected chi connectivity index (χ2v) is 10.0. The Morgan fingerprint density at radius 3 is 2.53 bits per heavy atom. The molecule has 0 saturated heterocycles. The highest BCUT2D eigenvalue weighted by molar-refractivity contribution is 7.12. The monoisotopic (exact) mass is 480 g/mol. The number of amides is 1. The van der Waals surface area contributed by atoms with Crippen LogP contribution in [0.3, 0.4) is 0 Å². The van der Waals surface area contributed by atoms with E-state index in [-0.39, 0.29) is 29.5 Å². The zero-order valence-corrected chi connectivity index (χ0v) is 20.8. The fourth-order valence-corrected chi connectivity index (χ4v) is 4.54. The molecule has 1 aromatic carbocycles. The summed E-state index contributed by atoms with van der Waals surface area (Å²) in [4.78, 5) is 26.9. The van der Waals surface area contributed by atoms with Gasteiger partial charge in [0.15, 0.2) is 11.5 Å². The summed E-state index contributed by atoms with van der Waals surface area (Å²) in [5.41, 5.74) is 1.85. The first kappa shape index (κ1) is 23.7. The van der Waals surface area contributed by atoms with Gasteiger partial charge < -0.3 is 9.47 Å². The van der Waals surface area contributed by atoms with Crippen LogP contribution in [-0.2, 0) is 16.8 Å². The van der Waals surface area contributed by atoms with Gasteiger partial charge in [-0.2, -0.15) is 10.2 Å². The maximum absolute atomic E-state index is 13.5. The molecule has 0 bridgehead atoms. The van der Waals surface area contributed by atoms with E-state index in [9.17, 15) is 9.59 Å². The van der Waals surface area contributed by atoms with Crippen molar-refractivity contribution in [2.45, 2.75) is 45.2 Å². The molecule has 0 fully saturated rings. The lowest BCUT2D eigenvalue weighted by atomic mass is 9.92. The van der Waals surface area contributed by atoms with Crippen LogP contribution in [0.1, 0.15) is 49.4 Å². The summed E-state index contributed by atoms with van der Waals surface area (Å²) in [7, 11) is 3.16. The predicted octanol–water partition coefficient (Wildman–Crippen LogP) is 4.00. The van der Waals surface area contributed by atoms with Crippen molar-refractivity contribution in [1.29, 1.82) is 0 Å². The number of methoxy groups -OCH3 is 2. The number of hydrazone groups is 1. The number of thiophene rings is 1. The summed E-state index contributed by atoms with van der Waals surface area (Å²) < 4.78 is 12.0. The summed E-state index contributed by atoms with van der Waals surface area (Å²) >= 11 is 1.58. The van der Waals surface area contributed by atoms with Crippen LogP contribution in [0.2, 0.25) is 0 Å². The molecule has 1 aliphatic heterocycles. The highest BCUT2D eigenvalue weighted by atomic mass is 32.1. The van der Waals surface area contributed by atoms with Crippen molar-refractivity contribution in [2.75, 3.05) is 14.2 Å². The lowest BCUT2D eigenvalue weighted by molar-refractivity contribution is -0.134. The van der Waals surface area contributed by atoms with E-state index in [1.54, 1.807) is 31.6 Å². The fraction of sp³-hybridized carbons (Fsp3) is 0.360. The third-order valence-electron chi connectivity index (χ3n) is 5.68. The number of hydrogen-bond donors (Lipinski definition) is 0. The Bertz CT molecular complexity index is 1270. The average Bonchev–Trinajstić information content (AvgIpc) is 3.49. The Labute approximate surface area is 202 Å². The first-order valence-electron chi connectivity index (χ1n) is 10.9. The zero-order valence-electron chi connectivity index (χ0n) is 19.9. The van der Waals surface area contributed by atoms with E-state index >= 15 is 0 Å². The highest BCUT2D eigenvalue weighted by Gasteiger charge is 2.34. The van der Waals surface area contributed by atoms with Gasteiger partial charge in [-0.15, -0.1) is 11.3 Å². The Hall–Kier alpha value is -3.46. The lowest BCUT2D eigenvalue weighted by Gasteiger charge is -2.23. The van der Waals surface area contributed by atoms with Crippen molar-refractivity contribution in [3.8, 4) is 11.5 Å². The fourth-order valence-electron chi connectivity index (χ4n) is 3.81. The van der Waals surface area contributed by atoms with Crippen LogP contribution in [0.4, 0.5) is 0 Å². The molecule has 4 rings (SSSR count). The minimum Gasteiger partial charge on any atom is -0.493 e. The van der Waals surface area contributed by atoms with Crippen LogP contribution in [0.25, 0.3) is 0 Å². The highest BCUT2D eigenvalue weighted by Crippen LogP contribution is 2.38. The van der Waals surface area contributed by atoms with Gasteiger partial charge in [-0.3, -0.25) is 9.59 Å². The number of benzene rings is 1. The standard InChI is InChI=1S/C25H28N4O4S/c1-25(2,3)22-10-11-23(30)28(27-22)15-24(31)29-18(14-17(26-29)21-7-6-12-34-21)16-8-9-19(32-4)20(13-16)33-5/h6-13,18H,14-15H2,1-5H3. The van der Waals surface area contributed by atoms with Crippen LogP contribution in [0, 0.1) is 0 Å². The molecule has 9 heteroatoms. The number of nitrogens with zero attached hydrogens (tertiary/aromatic N) is 4. The van der Waals surface area contributed by atoms with Gasteiger partial charge in [0.05, 0.1) is 36.5 Å². The molecule has 34 heavy (non-hydrogen) atoms. The second kappa shape index (κ2) is 9.42. The van der Waals surface area contributed by atoms with Crippen molar-refractivity contribution in [1.82, 2.24) is 14.8 Å². The van der Waals surface area contributed by atoms with E-state index < -0.39 is 0 Å². The molecule has 0 spiro atoms. The van der Waals surface area contributed by atoms with Gasteiger partial charge in [0.25, 0.3) is 11.5 Å². The molecule has 3 heterocycles. The molecule has 1 atom stereocenters. The number of carbonyl (C=O) groups excluding carboxylic acids is 1. The third-order valence-corrected chi connectivity index (χ3v) is 6.60. The van der Waals surface area contributed by atoms with Crippen molar-refractivity contribution >= 4 is 23.0 Å². The molecule has 1 unspecified atom stereocenters. The maximum atomic E-state index is 13.5. The van der Waals surface area contributed by atoms with E-state index in [0.29, 0.717) is 17.9 Å². The summed E-state index contributed by atoms with van der Waals surface area (Å²) in [6, 6.07) is 12.4. The Morgan fingerprint density at radius 2 is 1.88 bits per heavy atom. The van der Waals surface area contributed by atoms with Crippen molar-refractivity contribution in [3.63, 3.8) is 0 Å². The van der Waals surface area contributed by atoms with E-state index in [4.69, 9.17) is 9.47 Å². The normalized spacial score (nSPS) is 15.9. The van der Waals surface area contributed by atoms with Crippen LogP contribution in [0.5, 0.6) is 11.5 Å². The van der Waals surface area contributed by atoms with Gasteiger partial charge >= 0.3 is 0 Å². The van der Waals surface area contributed by atoms with E-state index in [1.807, 2.05) is 56.5 Å². The van der Waals surface area contributed by atoms with Gasteiger partial charge in [0, 0.05) is 17.9 Å². The van der Waals surface area contributed by atoms with Crippen molar-refractivity contribution < 1.29 is 14.3 Å². The number of rotatable bonds is 6. The molecule has 0 aliphatic carbocycles.